The molecule has 1 aliphatic heterocycles. The Labute approximate surface area is 151 Å². The molecule has 1 N–H and O–H groups in total. The number of hydrogen-bond acceptors (Lipinski definition) is 6. The van der Waals surface area contributed by atoms with Gasteiger partial charge in [0, 0.05) is 24.2 Å². The molecule has 0 aliphatic carbocycles. The van der Waals surface area contributed by atoms with E-state index in [0.29, 0.717) is 13.2 Å². The number of hydrazone groups is 1. The summed E-state index contributed by atoms with van der Waals surface area (Å²) in [4.78, 5) is 14.8. The number of carbonyl (C=O) groups is 1. The lowest BCUT2D eigenvalue weighted by Gasteiger charge is -2.27. The van der Waals surface area contributed by atoms with Crippen LogP contribution in [-0.2, 0) is 22.3 Å². The first-order chi connectivity index (χ1) is 12.4. The van der Waals surface area contributed by atoms with E-state index in [9.17, 15) is 18.0 Å². The lowest BCUT2D eigenvalue weighted by atomic mass is 10.4. The van der Waals surface area contributed by atoms with E-state index in [4.69, 9.17) is 4.74 Å². The fraction of sp³-hybridized carbons (Fsp3) is 0.400. The van der Waals surface area contributed by atoms with Crippen molar-refractivity contribution in [2.45, 2.75) is 12.7 Å². The second-order valence-corrected chi connectivity index (χ2v) is 6.56. The topological polar surface area (TPSA) is 71.8 Å². The molecule has 0 bridgehead atoms. The van der Waals surface area contributed by atoms with Crippen molar-refractivity contribution >= 4 is 28.5 Å². The second-order valence-electron chi connectivity index (χ2n) is 5.46. The highest BCUT2D eigenvalue weighted by Crippen LogP contribution is 2.27. The number of ether oxygens (including phenoxy) is 1. The van der Waals surface area contributed by atoms with Crippen LogP contribution in [0.3, 0.4) is 0 Å². The lowest BCUT2D eigenvalue weighted by Crippen LogP contribution is -2.35. The average molecular weight is 387 g/mol. The standard InChI is InChI=1S/C15H16F3N5O2S/c16-15(17,18)12-3-4-23(21-12)10-13(24)20-19-9-11-1-2-14(26-11)22-5-7-25-8-6-22/h1-4,9H,5-8,10H2,(H,20,24). The molecule has 26 heavy (non-hydrogen) atoms. The number of carbonyl (C=O) groups excluding carboxylic acids is 1. The van der Waals surface area contributed by atoms with Crippen LogP contribution in [-0.4, -0.2) is 48.2 Å². The minimum atomic E-state index is -4.53. The first-order valence-corrected chi connectivity index (χ1v) is 8.58. The van der Waals surface area contributed by atoms with Gasteiger partial charge in [0.05, 0.1) is 24.4 Å². The van der Waals surface area contributed by atoms with Crippen LogP contribution in [0.5, 0.6) is 0 Å². The molecule has 0 spiro atoms. The Bertz CT molecular complexity index is 780. The molecule has 0 radical (unpaired) electrons. The monoisotopic (exact) mass is 387 g/mol. The summed E-state index contributed by atoms with van der Waals surface area (Å²) < 4.78 is 43.6. The van der Waals surface area contributed by atoms with Gasteiger partial charge >= 0.3 is 6.18 Å². The third kappa shape index (κ3) is 4.82. The zero-order valence-corrected chi connectivity index (χ0v) is 14.4. The molecule has 1 saturated heterocycles. The van der Waals surface area contributed by atoms with Crippen molar-refractivity contribution in [3.8, 4) is 0 Å². The van der Waals surface area contributed by atoms with Crippen LogP contribution in [0.1, 0.15) is 10.6 Å². The van der Waals surface area contributed by atoms with Crippen molar-refractivity contribution in [1.82, 2.24) is 15.2 Å². The van der Waals surface area contributed by atoms with Crippen molar-refractivity contribution in [2.24, 2.45) is 5.10 Å². The fourth-order valence-electron chi connectivity index (χ4n) is 2.32. The molecule has 7 nitrogen and oxygen atoms in total. The molecular weight excluding hydrogens is 371 g/mol. The van der Waals surface area contributed by atoms with Gasteiger partial charge in [0.2, 0.25) is 0 Å². The predicted molar refractivity (Wildman–Crippen MR) is 90.3 cm³/mol. The number of morpholine rings is 1. The summed E-state index contributed by atoms with van der Waals surface area (Å²) in [6.07, 6.45) is -1.94. The van der Waals surface area contributed by atoms with Gasteiger partial charge in [-0.2, -0.15) is 23.4 Å². The van der Waals surface area contributed by atoms with Crippen molar-refractivity contribution < 1.29 is 22.7 Å². The van der Waals surface area contributed by atoms with Gasteiger partial charge < -0.3 is 9.64 Å². The number of aromatic nitrogens is 2. The number of anilines is 1. The van der Waals surface area contributed by atoms with Crippen molar-refractivity contribution in [3.63, 3.8) is 0 Å². The minimum Gasteiger partial charge on any atom is -0.378 e. The number of alkyl halides is 3. The molecule has 11 heteroatoms. The molecule has 3 heterocycles. The minimum absolute atomic E-state index is 0.350. The predicted octanol–water partition coefficient (Wildman–Crippen LogP) is 1.95. The van der Waals surface area contributed by atoms with Crippen LogP contribution >= 0.6 is 11.3 Å². The Morgan fingerprint density at radius 2 is 2.12 bits per heavy atom. The zero-order chi connectivity index (χ0) is 18.6. The summed E-state index contributed by atoms with van der Waals surface area (Å²) in [7, 11) is 0. The van der Waals surface area contributed by atoms with Gasteiger partial charge in [0.15, 0.2) is 5.69 Å². The van der Waals surface area contributed by atoms with Crippen LogP contribution in [0.4, 0.5) is 18.2 Å². The van der Waals surface area contributed by atoms with Gasteiger partial charge in [-0.25, -0.2) is 5.43 Å². The number of halogens is 3. The van der Waals surface area contributed by atoms with Crippen molar-refractivity contribution in [2.75, 3.05) is 31.2 Å². The summed E-state index contributed by atoms with van der Waals surface area (Å²) >= 11 is 1.53. The largest absolute Gasteiger partial charge is 0.435 e. The van der Waals surface area contributed by atoms with Crippen LogP contribution < -0.4 is 10.3 Å². The molecule has 0 atom stereocenters. The van der Waals surface area contributed by atoms with Gasteiger partial charge in [-0.15, -0.1) is 11.3 Å². The van der Waals surface area contributed by atoms with Crippen LogP contribution in [0, 0.1) is 0 Å². The zero-order valence-electron chi connectivity index (χ0n) is 13.6. The molecule has 3 rings (SSSR count). The molecule has 0 saturated carbocycles. The molecular formula is C15H16F3N5O2S. The quantitative estimate of drug-likeness (QED) is 0.629. The molecule has 1 fully saturated rings. The van der Waals surface area contributed by atoms with Crippen LogP contribution in [0.15, 0.2) is 29.5 Å². The maximum Gasteiger partial charge on any atom is 0.435 e. The van der Waals surface area contributed by atoms with E-state index in [2.05, 4.69) is 20.5 Å². The molecule has 0 unspecified atom stereocenters. The van der Waals surface area contributed by atoms with E-state index < -0.39 is 17.8 Å². The Hall–Kier alpha value is -2.40. The number of hydrogen-bond donors (Lipinski definition) is 1. The lowest BCUT2D eigenvalue weighted by molar-refractivity contribution is -0.141. The molecule has 1 amide bonds. The van der Waals surface area contributed by atoms with Crippen molar-refractivity contribution in [1.29, 1.82) is 0 Å². The SMILES string of the molecule is O=C(Cn1ccc(C(F)(F)F)n1)NN=Cc1ccc(N2CCOCC2)s1. The molecule has 0 aromatic carbocycles. The van der Waals surface area contributed by atoms with Crippen LogP contribution in [0.2, 0.25) is 0 Å². The van der Waals surface area contributed by atoms with Gasteiger partial charge in [-0.05, 0) is 18.2 Å². The summed E-state index contributed by atoms with van der Waals surface area (Å²) in [5, 5.41) is 8.23. The van der Waals surface area contributed by atoms with Crippen LogP contribution in [0.25, 0.3) is 0 Å². The Kier molecular flexibility index (Phi) is 5.57. The highest BCUT2D eigenvalue weighted by atomic mass is 32.1. The first-order valence-electron chi connectivity index (χ1n) is 7.77. The third-order valence-electron chi connectivity index (χ3n) is 3.55. The number of nitrogens with one attached hydrogen (secondary N) is 1. The maximum absolute atomic E-state index is 12.5. The summed E-state index contributed by atoms with van der Waals surface area (Å²) in [5.74, 6) is -0.567. The maximum atomic E-state index is 12.5. The van der Waals surface area contributed by atoms with E-state index in [1.165, 1.54) is 17.6 Å². The Morgan fingerprint density at radius 1 is 1.35 bits per heavy atom. The van der Waals surface area contributed by atoms with Gasteiger partial charge in [0.1, 0.15) is 6.54 Å². The van der Waals surface area contributed by atoms with Gasteiger partial charge in [0.25, 0.3) is 5.91 Å². The molecule has 140 valence electrons. The van der Waals surface area contributed by atoms with E-state index in [0.717, 1.165) is 39.9 Å². The normalized spacial score (nSPS) is 15.6. The third-order valence-corrected chi connectivity index (χ3v) is 4.63. The van der Waals surface area contributed by atoms with Gasteiger partial charge in [-0.3, -0.25) is 9.48 Å². The summed E-state index contributed by atoms with van der Waals surface area (Å²) in [5.41, 5.74) is 1.24. The van der Waals surface area contributed by atoms with Gasteiger partial charge in [-0.1, -0.05) is 0 Å². The average Bonchev–Trinajstić information content (AvgIpc) is 3.25. The number of amides is 1. The number of nitrogens with zero attached hydrogens (tertiary/aromatic N) is 4. The summed E-state index contributed by atoms with van der Waals surface area (Å²) in [6, 6.07) is 4.67. The Balaban J connectivity index is 1.49. The number of rotatable bonds is 5. The molecule has 1 aliphatic rings. The molecule has 2 aromatic heterocycles. The summed E-state index contributed by atoms with van der Waals surface area (Å²) in [6.45, 7) is 2.70. The van der Waals surface area contributed by atoms with E-state index in [1.807, 2.05) is 12.1 Å². The Morgan fingerprint density at radius 3 is 2.81 bits per heavy atom. The number of thiophene rings is 1. The van der Waals surface area contributed by atoms with E-state index >= 15 is 0 Å². The van der Waals surface area contributed by atoms with E-state index in [1.54, 1.807) is 0 Å². The fourth-order valence-corrected chi connectivity index (χ4v) is 3.25. The van der Waals surface area contributed by atoms with Crippen molar-refractivity contribution in [3.05, 3.63) is 35.0 Å². The highest BCUT2D eigenvalue weighted by molar-refractivity contribution is 7.17. The molecule has 2 aromatic rings. The van der Waals surface area contributed by atoms with E-state index in [-0.39, 0.29) is 6.54 Å². The highest BCUT2D eigenvalue weighted by Gasteiger charge is 2.33. The second kappa shape index (κ2) is 7.87. The first kappa shape index (κ1) is 18.4. The smallest absolute Gasteiger partial charge is 0.378 e.